The summed E-state index contributed by atoms with van der Waals surface area (Å²) in [4.78, 5) is 0. The maximum absolute atomic E-state index is 9.08. The van der Waals surface area contributed by atoms with Crippen LogP contribution in [0.4, 0.5) is 0 Å². The Morgan fingerprint density at radius 3 is 2.44 bits per heavy atom. The molecule has 0 aromatic rings. The predicted molar refractivity (Wildman–Crippen MR) is 35.2 cm³/mol. The molecule has 0 saturated carbocycles. The van der Waals surface area contributed by atoms with Gasteiger partial charge >= 0.3 is 0 Å². The van der Waals surface area contributed by atoms with Crippen LogP contribution in [0.15, 0.2) is 12.2 Å². The van der Waals surface area contributed by atoms with Crippen molar-refractivity contribution in [3.8, 4) is 0 Å². The Hall–Kier alpha value is -0.340. The summed E-state index contributed by atoms with van der Waals surface area (Å²) in [6.07, 6.45) is 3.33. The fraction of sp³-hybridized carbons (Fsp3) is 0.714. The van der Waals surface area contributed by atoms with Gasteiger partial charge in [0, 0.05) is 0 Å². The van der Waals surface area contributed by atoms with Gasteiger partial charge in [-0.25, -0.2) is 0 Å². The normalized spacial score (nSPS) is 43.2. The largest absolute Gasteiger partial charge is 0.386 e. The van der Waals surface area contributed by atoms with Crippen LogP contribution < -0.4 is 0 Å². The molecule has 0 aliphatic carbocycles. The Kier molecular flexibility index (Phi) is 1.88. The first-order valence-corrected chi connectivity index (χ1v) is 3.22. The van der Waals surface area contributed by atoms with Crippen LogP contribution in [0, 0.1) is 0 Å². The van der Waals surface area contributed by atoms with Gasteiger partial charge in [0.1, 0.15) is 0 Å². The minimum atomic E-state index is -0.416. The highest BCUT2D eigenvalue weighted by Crippen LogP contribution is 2.10. The number of aliphatic hydroxyl groups is 1. The number of hydrogen-bond acceptors (Lipinski definition) is 2. The maximum Gasteiger partial charge on any atom is 0.0981 e. The minimum Gasteiger partial charge on any atom is -0.386 e. The van der Waals surface area contributed by atoms with Crippen LogP contribution in [0.5, 0.6) is 0 Å². The summed E-state index contributed by atoms with van der Waals surface area (Å²) >= 11 is 0. The zero-order valence-corrected chi connectivity index (χ0v) is 5.74. The Morgan fingerprint density at radius 1 is 1.33 bits per heavy atom. The molecule has 1 aliphatic heterocycles. The van der Waals surface area contributed by atoms with Crippen molar-refractivity contribution in [2.45, 2.75) is 32.2 Å². The third kappa shape index (κ3) is 1.53. The molecule has 2 heteroatoms. The highest BCUT2D eigenvalue weighted by atomic mass is 16.5. The van der Waals surface area contributed by atoms with E-state index >= 15 is 0 Å². The van der Waals surface area contributed by atoms with Crippen molar-refractivity contribution in [1.82, 2.24) is 0 Å². The van der Waals surface area contributed by atoms with Gasteiger partial charge in [-0.05, 0) is 13.8 Å². The molecule has 9 heavy (non-hydrogen) atoms. The molecule has 0 aromatic carbocycles. The van der Waals surface area contributed by atoms with Crippen molar-refractivity contribution < 1.29 is 9.84 Å². The van der Waals surface area contributed by atoms with Crippen LogP contribution in [0.2, 0.25) is 0 Å². The lowest BCUT2D eigenvalue weighted by Gasteiger charge is -2.24. The zero-order valence-electron chi connectivity index (χ0n) is 5.74. The van der Waals surface area contributed by atoms with E-state index in [1.807, 2.05) is 19.9 Å². The van der Waals surface area contributed by atoms with Crippen molar-refractivity contribution in [2.24, 2.45) is 0 Å². The SMILES string of the molecule is C[C@@H]1C=C[C@@H](O)[C@@H](C)O1. The van der Waals surface area contributed by atoms with Crippen molar-refractivity contribution in [2.75, 3.05) is 0 Å². The van der Waals surface area contributed by atoms with Crippen LogP contribution in [0.25, 0.3) is 0 Å². The number of ether oxygens (including phenoxy) is 1. The highest BCUT2D eigenvalue weighted by Gasteiger charge is 2.17. The summed E-state index contributed by atoms with van der Waals surface area (Å²) in [6.45, 7) is 3.82. The van der Waals surface area contributed by atoms with Gasteiger partial charge in [-0.2, -0.15) is 0 Å². The van der Waals surface area contributed by atoms with E-state index in [2.05, 4.69) is 0 Å². The molecule has 1 heterocycles. The summed E-state index contributed by atoms with van der Waals surface area (Å²) in [7, 11) is 0. The summed E-state index contributed by atoms with van der Waals surface area (Å²) in [5, 5.41) is 9.08. The standard InChI is InChI=1S/C7H12O2/c1-5-3-4-7(8)6(2)9-5/h3-8H,1-2H3/t5-,6-,7-/m1/s1. The fourth-order valence-electron chi connectivity index (χ4n) is 0.891. The molecule has 0 spiro atoms. The van der Waals surface area contributed by atoms with E-state index in [-0.39, 0.29) is 12.2 Å². The number of rotatable bonds is 0. The quantitative estimate of drug-likeness (QED) is 0.487. The lowest BCUT2D eigenvalue weighted by Crippen LogP contribution is -2.31. The summed E-state index contributed by atoms with van der Waals surface area (Å²) < 4.78 is 5.26. The predicted octanol–water partition coefficient (Wildman–Crippen LogP) is 0.711. The van der Waals surface area contributed by atoms with Crippen molar-refractivity contribution in [1.29, 1.82) is 0 Å². The summed E-state index contributed by atoms with van der Waals surface area (Å²) in [6, 6.07) is 0. The highest BCUT2D eigenvalue weighted by molar-refractivity contribution is 4.99. The van der Waals surface area contributed by atoms with Crippen molar-refractivity contribution in [3.63, 3.8) is 0 Å². The lowest BCUT2D eigenvalue weighted by atomic mass is 10.1. The van der Waals surface area contributed by atoms with Gasteiger partial charge in [-0.3, -0.25) is 0 Å². The van der Waals surface area contributed by atoms with Crippen molar-refractivity contribution >= 4 is 0 Å². The molecular formula is C7H12O2. The lowest BCUT2D eigenvalue weighted by molar-refractivity contribution is -0.0388. The van der Waals surface area contributed by atoms with Gasteiger partial charge in [0.05, 0.1) is 18.3 Å². The molecule has 0 amide bonds. The molecule has 52 valence electrons. The smallest absolute Gasteiger partial charge is 0.0981 e. The molecule has 1 aliphatic rings. The minimum absolute atomic E-state index is 0.0509. The van der Waals surface area contributed by atoms with E-state index in [4.69, 9.17) is 9.84 Å². The van der Waals surface area contributed by atoms with Gasteiger partial charge in [0.25, 0.3) is 0 Å². The topological polar surface area (TPSA) is 29.5 Å². The zero-order chi connectivity index (χ0) is 6.85. The maximum atomic E-state index is 9.08. The Bertz CT molecular complexity index is 120. The van der Waals surface area contributed by atoms with Gasteiger partial charge in [-0.15, -0.1) is 0 Å². The molecule has 2 nitrogen and oxygen atoms in total. The first-order valence-electron chi connectivity index (χ1n) is 3.22. The van der Waals surface area contributed by atoms with E-state index in [0.717, 1.165) is 0 Å². The molecular weight excluding hydrogens is 116 g/mol. The summed E-state index contributed by atoms with van der Waals surface area (Å²) in [5.74, 6) is 0. The second-order valence-electron chi connectivity index (χ2n) is 2.42. The van der Waals surface area contributed by atoms with Gasteiger partial charge in [-0.1, -0.05) is 12.2 Å². The second-order valence-corrected chi connectivity index (χ2v) is 2.42. The first-order chi connectivity index (χ1) is 4.20. The van der Waals surface area contributed by atoms with Crippen LogP contribution in [0.3, 0.4) is 0 Å². The molecule has 0 radical (unpaired) electrons. The average molecular weight is 128 g/mol. The van der Waals surface area contributed by atoms with E-state index in [1.165, 1.54) is 0 Å². The monoisotopic (exact) mass is 128 g/mol. The molecule has 1 N–H and O–H groups in total. The van der Waals surface area contributed by atoms with E-state index in [9.17, 15) is 0 Å². The Morgan fingerprint density at radius 2 is 2.00 bits per heavy atom. The van der Waals surface area contributed by atoms with Crippen LogP contribution >= 0.6 is 0 Å². The Labute approximate surface area is 55.1 Å². The molecule has 0 fully saturated rings. The molecule has 0 saturated heterocycles. The fourth-order valence-corrected chi connectivity index (χ4v) is 0.891. The summed E-state index contributed by atoms with van der Waals surface area (Å²) in [5.41, 5.74) is 0. The molecule has 0 aromatic heterocycles. The van der Waals surface area contributed by atoms with Crippen LogP contribution in [0.1, 0.15) is 13.8 Å². The third-order valence-corrected chi connectivity index (χ3v) is 1.49. The van der Waals surface area contributed by atoms with E-state index in [0.29, 0.717) is 0 Å². The average Bonchev–Trinajstić information content (AvgIpc) is 1.80. The second kappa shape index (κ2) is 2.50. The third-order valence-electron chi connectivity index (χ3n) is 1.49. The molecule has 0 unspecified atom stereocenters. The van der Waals surface area contributed by atoms with E-state index in [1.54, 1.807) is 6.08 Å². The van der Waals surface area contributed by atoms with Gasteiger partial charge < -0.3 is 9.84 Å². The Balaban J connectivity index is 2.54. The van der Waals surface area contributed by atoms with E-state index < -0.39 is 6.10 Å². The molecule has 3 atom stereocenters. The van der Waals surface area contributed by atoms with Crippen molar-refractivity contribution in [3.05, 3.63) is 12.2 Å². The molecule has 0 bridgehead atoms. The number of aliphatic hydroxyl groups excluding tert-OH is 1. The van der Waals surface area contributed by atoms with Gasteiger partial charge in [0.15, 0.2) is 0 Å². The number of hydrogen-bond donors (Lipinski definition) is 1. The van der Waals surface area contributed by atoms with Crippen LogP contribution in [-0.2, 0) is 4.74 Å². The van der Waals surface area contributed by atoms with Gasteiger partial charge in [0.2, 0.25) is 0 Å². The first kappa shape index (κ1) is 6.78. The van der Waals surface area contributed by atoms with Crippen LogP contribution in [-0.4, -0.2) is 23.4 Å². The molecule has 1 rings (SSSR count).